The van der Waals surface area contributed by atoms with Gasteiger partial charge in [0.1, 0.15) is 11.5 Å². The molecule has 1 unspecified atom stereocenters. The first-order valence-electron chi connectivity index (χ1n) is 11.0. The molecule has 1 aliphatic rings. The van der Waals surface area contributed by atoms with Crippen LogP contribution in [0.3, 0.4) is 0 Å². The van der Waals surface area contributed by atoms with Crippen molar-refractivity contribution in [1.82, 2.24) is 4.90 Å². The number of hydrogen-bond acceptors (Lipinski definition) is 6. The number of amides is 1. The van der Waals surface area contributed by atoms with Crippen molar-refractivity contribution in [2.45, 2.75) is 19.5 Å². The van der Waals surface area contributed by atoms with Gasteiger partial charge in [-0.05, 0) is 54.4 Å². The predicted octanol–water partition coefficient (Wildman–Crippen LogP) is 3.46. The lowest BCUT2D eigenvalue weighted by Gasteiger charge is -2.25. The van der Waals surface area contributed by atoms with Crippen molar-refractivity contribution >= 4 is 17.4 Å². The van der Waals surface area contributed by atoms with Gasteiger partial charge in [-0.2, -0.15) is 0 Å². The molecule has 0 saturated carbocycles. The number of pyridine rings is 1. The maximum Gasteiger partial charge on any atom is 0.295 e. The number of Topliss-reactive ketones (excluding diaryl/α,β-unsaturated/α-hetero) is 1. The fourth-order valence-corrected chi connectivity index (χ4v) is 4.31. The van der Waals surface area contributed by atoms with Crippen LogP contribution in [0, 0.1) is 6.92 Å². The number of ketones is 1. The van der Waals surface area contributed by atoms with Crippen LogP contribution in [0.15, 0.2) is 66.5 Å². The monoisotopic (exact) mass is 475 g/mol. The summed E-state index contributed by atoms with van der Waals surface area (Å²) >= 11 is 0. The predicted molar refractivity (Wildman–Crippen MR) is 128 cm³/mol. The van der Waals surface area contributed by atoms with Gasteiger partial charge in [-0.25, -0.2) is 4.98 Å². The van der Waals surface area contributed by atoms with E-state index in [-0.39, 0.29) is 17.9 Å². The Hall–Kier alpha value is -4.33. The number of aryl methyl sites for hydroxylation is 1. The summed E-state index contributed by atoms with van der Waals surface area (Å²) in [5.74, 6) is -0.110. The fourth-order valence-electron chi connectivity index (χ4n) is 4.31. The van der Waals surface area contributed by atoms with Crippen LogP contribution in [-0.2, 0) is 16.1 Å². The number of aromatic amines is 1. The topological polar surface area (TPSA) is 99.4 Å². The highest BCUT2D eigenvalue weighted by atomic mass is 16.5. The zero-order valence-electron chi connectivity index (χ0n) is 20.0. The smallest absolute Gasteiger partial charge is 0.295 e. The maximum atomic E-state index is 13.3. The second-order valence-corrected chi connectivity index (χ2v) is 8.13. The van der Waals surface area contributed by atoms with Crippen molar-refractivity contribution in [2.75, 3.05) is 21.3 Å². The molecule has 2 heterocycles. The number of methoxy groups -OCH3 is 3. The number of aliphatic hydroxyl groups is 1. The number of ether oxygens (including phenoxy) is 3. The number of carbonyl (C=O) groups excluding carboxylic acids is 2. The van der Waals surface area contributed by atoms with E-state index in [0.29, 0.717) is 33.9 Å². The van der Waals surface area contributed by atoms with Crippen LogP contribution in [0.25, 0.3) is 5.76 Å². The molecule has 4 rings (SSSR count). The van der Waals surface area contributed by atoms with Crippen LogP contribution in [0.2, 0.25) is 0 Å². The van der Waals surface area contributed by atoms with E-state index in [2.05, 4.69) is 4.98 Å². The molecule has 2 N–H and O–H groups in total. The van der Waals surface area contributed by atoms with Crippen LogP contribution in [0.4, 0.5) is 0 Å². The zero-order chi connectivity index (χ0) is 25.1. The van der Waals surface area contributed by atoms with Crippen molar-refractivity contribution in [3.8, 4) is 17.2 Å². The average molecular weight is 476 g/mol. The Morgan fingerprint density at radius 2 is 1.77 bits per heavy atom. The zero-order valence-corrected chi connectivity index (χ0v) is 20.0. The van der Waals surface area contributed by atoms with Gasteiger partial charge in [-0.1, -0.05) is 6.07 Å². The van der Waals surface area contributed by atoms with Gasteiger partial charge in [0.15, 0.2) is 23.9 Å². The summed E-state index contributed by atoms with van der Waals surface area (Å²) in [6, 6.07) is 13.2. The first-order chi connectivity index (χ1) is 16.9. The summed E-state index contributed by atoms with van der Waals surface area (Å²) in [6.07, 6.45) is 3.52. The summed E-state index contributed by atoms with van der Waals surface area (Å²) in [6.45, 7) is 1.97. The Morgan fingerprint density at radius 1 is 1.00 bits per heavy atom. The molecule has 0 aliphatic carbocycles. The number of benzene rings is 2. The van der Waals surface area contributed by atoms with Gasteiger partial charge in [0, 0.05) is 17.2 Å². The average Bonchev–Trinajstić information content (AvgIpc) is 3.13. The molecular formula is C27H27N2O6+. The van der Waals surface area contributed by atoms with Gasteiger partial charge >= 0.3 is 0 Å². The summed E-state index contributed by atoms with van der Waals surface area (Å²) in [5.41, 5.74) is 2.57. The lowest BCUT2D eigenvalue weighted by Crippen LogP contribution is -2.29. The first-order valence-corrected chi connectivity index (χ1v) is 11.0. The molecule has 1 fully saturated rings. The molecule has 1 aromatic heterocycles. The van der Waals surface area contributed by atoms with E-state index in [1.807, 2.05) is 12.1 Å². The highest BCUT2D eigenvalue weighted by Gasteiger charge is 2.46. The standard InChI is InChI=1S/C27H26N2O6/c1-16-12-19(33-2)8-9-20(16)25(30)23-24(18-7-10-21(34-3)22(13-18)35-4)29(27(32)26(23)31)15-17-6-5-11-28-14-17/h5-14,24,30H,15H2,1-4H3/p+1. The minimum atomic E-state index is -0.837. The van der Waals surface area contributed by atoms with Crippen molar-refractivity contribution in [2.24, 2.45) is 0 Å². The minimum absolute atomic E-state index is 0.00963. The number of aromatic nitrogens is 1. The number of hydrogen-bond donors (Lipinski definition) is 1. The summed E-state index contributed by atoms with van der Waals surface area (Å²) in [5, 5.41) is 11.4. The third-order valence-electron chi connectivity index (χ3n) is 6.08. The highest BCUT2D eigenvalue weighted by Crippen LogP contribution is 2.43. The molecule has 35 heavy (non-hydrogen) atoms. The van der Waals surface area contributed by atoms with E-state index < -0.39 is 17.7 Å². The lowest BCUT2D eigenvalue weighted by molar-refractivity contribution is -0.378. The molecule has 0 spiro atoms. The van der Waals surface area contributed by atoms with E-state index >= 15 is 0 Å². The second kappa shape index (κ2) is 9.89. The maximum absolute atomic E-state index is 13.3. The number of nitrogens with one attached hydrogen (secondary N) is 1. The molecule has 0 bridgehead atoms. The normalized spacial score (nSPS) is 16.9. The minimum Gasteiger partial charge on any atom is -0.507 e. The molecule has 0 radical (unpaired) electrons. The molecule has 8 nitrogen and oxygen atoms in total. The Bertz CT molecular complexity index is 1300. The van der Waals surface area contributed by atoms with Crippen molar-refractivity contribution in [3.63, 3.8) is 0 Å². The number of rotatable bonds is 7. The molecular weight excluding hydrogens is 448 g/mol. The van der Waals surface area contributed by atoms with Crippen LogP contribution in [-0.4, -0.2) is 43.0 Å². The van der Waals surface area contributed by atoms with Gasteiger partial charge in [-0.15, -0.1) is 0 Å². The van der Waals surface area contributed by atoms with Gasteiger partial charge in [0.25, 0.3) is 11.7 Å². The van der Waals surface area contributed by atoms with Crippen LogP contribution >= 0.6 is 0 Å². The first kappa shape index (κ1) is 23.8. The number of likely N-dealkylation sites (tertiary alicyclic amines) is 1. The molecule has 1 amide bonds. The second-order valence-electron chi connectivity index (χ2n) is 8.13. The Labute approximate surface area is 203 Å². The number of H-pyrrole nitrogens is 1. The van der Waals surface area contributed by atoms with Crippen LogP contribution < -0.4 is 19.2 Å². The molecule has 2 aromatic carbocycles. The van der Waals surface area contributed by atoms with E-state index in [1.165, 1.54) is 19.1 Å². The van der Waals surface area contributed by atoms with E-state index in [1.54, 1.807) is 62.8 Å². The van der Waals surface area contributed by atoms with Crippen LogP contribution in [0.5, 0.6) is 17.2 Å². The summed E-state index contributed by atoms with van der Waals surface area (Å²) in [7, 11) is 4.60. The van der Waals surface area contributed by atoms with Gasteiger partial charge in [-0.3, -0.25) is 9.59 Å². The Morgan fingerprint density at radius 3 is 2.40 bits per heavy atom. The molecule has 1 saturated heterocycles. The number of carbonyl (C=O) groups is 2. The van der Waals surface area contributed by atoms with Gasteiger partial charge in [0.2, 0.25) is 0 Å². The molecule has 8 heteroatoms. The number of aliphatic hydroxyl groups excluding tert-OH is 1. The van der Waals surface area contributed by atoms with E-state index in [9.17, 15) is 14.7 Å². The fraction of sp³-hybridized carbons (Fsp3) is 0.222. The Balaban J connectivity index is 1.91. The third kappa shape index (κ3) is 4.42. The summed E-state index contributed by atoms with van der Waals surface area (Å²) < 4.78 is 16.1. The van der Waals surface area contributed by atoms with Crippen LogP contribution in [0.1, 0.15) is 28.3 Å². The summed E-state index contributed by atoms with van der Waals surface area (Å²) in [4.78, 5) is 31.0. The van der Waals surface area contributed by atoms with Gasteiger partial charge < -0.3 is 24.2 Å². The SMILES string of the molecule is COc1ccc(C(O)=C2C(=O)C(=O)N(Cc3ccc[nH+]c3)C2c2ccc(OC)c(OC)c2)c(C)c1. The van der Waals surface area contributed by atoms with Gasteiger partial charge in [0.05, 0.1) is 39.5 Å². The third-order valence-corrected chi connectivity index (χ3v) is 6.08. The van der Waals surface area contributed by atoms with Crippen molar-refractivity contribution < 1.29 is 33.9 Å². The lowest BCUT2D eigenvalue weighted by atomic mass is 9.93. The highest BCUT2D eigenvalue weighted by molar-refractivity contribution is 6.46. The van der Waals surface area contributed by atoms with E-state index in [0.717, 1.165) is 5.56 Å². The molecule has 3 aromatic rings. The molecule has 1 aliphatic heterocycles. The quantitative estimate of drug-likeness (QED) is 0.319. The number of nitrogens with zero attached hydrogens (tertiary/aromatic N) is 1. The van der Waals surface area contributed by atoms with Crippen molar-refractivity contribution in [1.29, 1.82) is 0 Å². The molecule has 1 atom stereocenters. The van der Waals surface area contributed by atoms with Crippen molar-refractivity contribution in [3.05, 3.63) is 88.8 Å². The Kier molecular flexibility index (Phi) is 6.73. The largest absolute Gasteiger partial charge is 0.507 e. The van der Waals surface area contributed by atoms with E-state index in [4.69, 9.17) is 14.2 Å². The molecule has 180 valence electrons.